The minimum atomic E-state index is -0.283. The van der Waals surface area contributed by atoms with Gasteiger partial charge in [0, 0.05) is 23.1 Å². The number of rotatable bonds is 2. The van der Waals surface area contributed by atoms with E-state index >= 15 is 0 Å². The highest BCUT2D eigenvalue weighted by Crippen LogP contribution is 2.47. The van der Waals surface area contributed by atoms with Gasteiger partial charge in [0.05, 0.1) is 11.8 Å². The molecule has 0 radical (unpaired) electrons. The van der Waals surface area contributed by atoms with Gasteiger partial charge in [-0.05, 0) is 25.1 Å². The lowest BCUT2D eigenvalue weighted by atomic mass is 9.95. The average molecular weight is 356 g/mol. The summed E-state index contributed by atoms with van der Waals surface area (Å²) in [6.07, 6.45) is 0.453. The molecule has 0 aromatic heterocycles. The number of hydrogen-bond donors (Lipinski definition) is 1. The molecule has 4 heteroatoms. The molecule has 0 fully saturated rings. The molecule has 4 nitrogen and oxygen atoms in total. The van der Waals surface area contributed by atoms with Crippen molar-refractivity contribution in [3.05, 3.63) is 95.1 Å². The second-order valence-corrected chi connectivity index (χ2v) is 7.08. The molecular formula is C23H20N2O2. The highest BCUT2D eigenvalue weighted by atomic mass is 16.5. The minimum Gasteiger partial charge on any atom is -0.507 e. The molecule has 27 heavy (non-hydrogen) atoms. The summed E-state index contributed by atoms with van der Waals surface area (Å²) in [7, 11) is 0. The fraction of sp³-hybridized carbons (Fsp3) is 0.174. The highest BCUT2D eigenvalue weighted by molar-refractivity contribution is 6.04. The van der Waals surface area contributed by atoms with Gasteiger partial charge in [0.2, 0.25) is 6.23 Å². The summed E-state index contributed by atoms with van der Waals surface area (Å²) in [4.78, 5) is 0. The summed E-state index contributed by atoms with van der Waals surface area (Å²) in [5, 5.41) is 17.2. The number of phenolic OH excluding ortho intramolecular Hbond substituents is 1. The molecule has 2 heterocycles. The van der Waals surface area contributed by atoms with Gasteiger partial charge >= 0.3 is 0 Å². The van der Waals surface area contributed by atoms with Crippen LogP contribution in [0.5, 0.6) is 11.5 Å². The first-order valence-corrected chi connectivity index (χ1v) is 9.17. The third-order valence-electron chi connectivity index (χ3n) is 5.28. The molecule has 0 saturated carbocycles. The summed E-state index contributed by atoms with van der Waals surface area (Å²) in [5.74, 6) is 1.16. The largest absolute Gasteiger partial charge is 0.507 e. The van der Waals surface area contributed by atoms with E-state index in [-0.39, 0.29) is 18.0 Å². The lowest BCUT2D eigenvalue weighted by Gasteiger charge is -2.38. The van der Waals surface area contributed by atoms with Crippen LogP contribution in [0.3, 0.4) is 0 Å². The van der Waals surface area contributed by atoms with Gasteiger partial charge in [-0.2, -0.15) is 5.10 Å². The Labute approximate surface area is 158 Å². The molecule has 5 rings (SSSR count). The lowest BCUT2D eigenvalue weighted by molar-refractivity contribution is -0.0190. The van der Waals surface area contributed by atoms with Crippen molar-refractivity contribution in [2.75, 3.05) is 0 Å². The first-order valence-electron chi connectivity index (χ1n) is 9.17. The molecule has 0 spiro atoms. The maximum atomic E-state index is 10.3. The number of aryl methyl sites for hydroxylation is 1. The molecule has 2 aliphatic heterocycles. The van der Waals surface area contributed by atoms with E-state index in [1.807, 2.05) is 41.4 Å². The van der Waals surface area contributed by atoms with Crippen molar-refractivity contribution in [3.8, 4) is 11.5 Å². The normalized spacial score (nSPS) is 20.5. The number of hydrogen-bond acceptors (Lipinski definition) is 4. The Morgan fingerprint density at radius 1 is 0.963 bits per heavy atom. The van der Waals surface area contributed by atoms with Gasteiger partial charge in [0.25, 0.3) is 0 Å². The maximum Gasteiger partial charge on any atom is 0.213 e. The standard InChI is InChI=1S/C23H20N2O2/c1-15-10-12-16(13-11-15)23-25-20(18-7-3-5-9-22(18)27-23)14-19(24-25)17-6-2-4-8-21(17)26/h2-13,20,23,26H,14H2,1H3/t20-,23-/m1/s1. The molecule has 3 aromatic rings. The molecule has 134 valence electrons. The van der Waals surface area contributed by atoms with Gasteiger partial charge in [0.15, 0.2) is 0 Å². The molecular weight excluding hydrogens is 336 g/mol. The zero-order chi connectivity index (χ0) is 18.4. The molecule has 3 aromatic carbocycles. The van der Waals surface area contributed by atoms with Crippen molar-refractivity contribution in [2.45, 2.75) is 25.6 Å². The van der Waals surface area contributed by atoms with E-state index in [2.05, 4.69) is 37.3 Å². The van der Waals surface area contributed by atoms with Crippen LogP contribution in [0.25, 0.3) is 0 Å². The summed E-state index contributed by atoms with van der Waals surface area (Å²) < 4.78 is 6.34. The van der Waals surface area contributed by atoms with Gasteiger partial charge in [0.1, 0.15) is 11.5 Å². The second-order valence-electron chi connectivity index (χ2n) is 7.08. The van der Waals surface area contributed by atoms with Crippen LogP contribution >= 0.6 is 0 Å². The van der Waals surface area contributed by atoms with Crippen LogP contribution in [0.4, 0.5) is 0 Å². The van der Waals surface area contributed by atoms with Gasteiger partial charge in [-0.3, -0.25) is 0 Å². The number of hydrazone groups is 1. The molecule has 0 unspecified atom stereocenters. The van der Waals surface area contributed by atoms with Crippen molar-refractivity contribution in [1.29, 1.82) is 0 Å². The van der Waals surface area contributed by atoms with Gasteiger partial charge in [-0.15, -0.1) is 0 Å². The fourth-order valence-corrected chi connectivity index (χ4v) is 3.87. The van der Waals surface area contributed by atoms with Crippen LogP contribution in [0, 0.1) is 6.92 Å². The Bertz CT molecular complexity index is 1030. The number of nitrogens with zero attached hydrogens (tertiary/aromatic N) is 2. The Morgan fingerprint density at radius 3 is 2.52 bits per heavy atom. The molecule has 2 aliphatic rings. The van der Waals surface area contributed by atoms with Gasteiger partial charge < -0.3 is 9.84 Å². The van der Waals surface area contributed by atoms with Gasteiger partial charge in [-0.1, -0.05) is 60.2 Å². The van der Waals surface area contributed by atoms with Crippen molar-refractivity contribution < 1.29 is 9.84 Å². The predicted octanol–water partition coefficient (Wildman–Crippen LogP) is 4.94. The molecule has 0 aliphatic carbocycles. The molecule has 1 N–H and O–H groups in total. The van der Waals surface area contributed by atoms with Gasteiger partial charge in [-0.25, -0.2) is 5.01 Å². The second kappa shape index (κ2) is 6.16. The lowest BCUT2D eigenvalue weighted by Crippen LogP contribution is -2.33. The van der Waals surface area contributed by atoms with Crippen LogP contribution in [0.1, 0.15) is 40.9 Å². The van der Waals surface area contributed by atoms with Crippen molar-refractivity contribution in [2.24, 2.45) is 5.10 Å². The molecule has 0 amide bonds. The predicted molar refractivity (Wildman–Crippen MR) is 105 cm³/mol. The third-order valence-corrected chi connectivity index (χ3v) is 5.28. The number of para-hydroxylation sites is 2. The van der Waals surface area contributed by atoms with Crippen LogP contribution in [-0.2, 0) is 0 Å². The number of benzene rings is 3. The number of phenols is 1. The SMILES string of the molecule is Cc1ccc([C@H]2Oc3ccccc3[C@H]3CC(c4ccccc4O)=NN32)cc1. The monoisotopic (exact) mass is 356 g/mol. The molecule has 0 bridgehead atoms. The van der Waals surface area contributed by atoms with E-state index in [1.54, 1.807) is 6.07 Å². The summed E-state index contributed by atoms with van der Waals surface area (Å²) in [6.45, 7) is 2.08. The minimum absolute atomic E-state index is 0.0934. The van der Waals surface area contributed by atoms with Crippen LogP contribution in [0.15, 0.2) is 77.9 Å². The van der Waals surface area contributed by atoms with E-state index in [0.29, 0.717) is 0 Å². The average Bonchev–Trinajstić information content (AvgIpc) is 3.14. The van der Waals surface area contributed by atoms with E-state index in [9.17, 15) is 5.11 Å². The van der Waals surface area contributed by atoms with Crippen LogP contribution in [0.2, 0.25) is 0 Å². The zero-order valence-electron chi connectivity index (χ0n) is 15.0. The summed E-state index contributed by atoms with van der Waals surface area (Å²) in [6, 6.07) is 24.0. The van der Waals surface area contributed by atoms with E-state index < -0.39 is 0 Å². The summed E-state index contributed by atoms with van der Waals surface area (Å²) in [5.41, 5.74) is 5.09. The molecule has 0 saturated heterocycles. The molecule has 2 atom stereocenters. The Morgan fingerprint density at radius 2 is 1.70 bits per heavy atom. The smallest absolute Gasteiger partial charge is 0.213 e. The number of fused-ring (bicyclic) bond motifs is 3. The van der Waals surface area contributed by atoms with Crippen LogP contribution in [-0.4, -0.2) is 15.8 Å². The van der Waals surface area contributed by atoms with E-state index in [4.69, 9.17) is 9.84 Å². The first kappa shape index (κ1) is 15.9. The van der Waals surface area contributed by atoms with E-state index in [0.717, 1.165) is 34.6 Å². The maximum absolute atomic E-state index is 10.3. The fourth-order valence-electron chi connectivity index (χ4n) is 3.87. The number of aromatic hydroxyl groups is 1. The Balaban J connectivity index is 1.61. The Kier molecular flexibility index (Phi) is 3.64. The van der Waals surface area contributed by atoms with Crippen LogP contribution < -0.4 is 4.74 Å². The Hall–Kier alpha value is -3.27. The van der Waals surface area contributed by atoms with Crippen molar-refractivity contribution in [3.63, 3.8) is 0 Å². The van der Waals surface area contributed by atoms with E-state index in [1.165, 1.54) is 5.56 Å². The third kappa shape index (κ3) is 2.65. The first-order chi connectivity index (χ1) is 13.2. The number of ether oxygens (including phenoxy) is 1. The topological polar surface area (TPSA) is 45.1 Å². The summed E-state index contributed by atoms with van der Waals surface area (Å²) >= 11 is 0. The quantitative estimate of drug-likeness (QED) is 0.707. The highest BCUT2D eigenvalue weighted by Gasteiger charge is 2.41. The zero-order valence-corrected chi connectivity index (χ0v) is 15.0. The van der Waals surface area contributed by atoms with Crippen molar-refractivity contribution in [1.82, 2.24) is 5.01 Å². The van der Waals surface area contributed by atoms with Crippen molar-refractivity contribution >= 4 is 5.71 Å².